The minimum absolute atomic E-state index is 0.0338. The third-order valence-corrected chi connectivity index (χ3v) is 4.70. The molecule has 1 amide bonds. The number of aliphatic hydroxyl groups is 1. The molecule has 4 heteroatoms. The second-order valence-corrected chi connectivity index (χ2v) is 5.58. The fourth-order valence-electron chi connectivity index (χ4n) is 3.22. The summed E-state index contributed by atoms with van der Waals surface area (Å²) in [5, 5.41) is 12.7. The number of aliphatic hydroxyl groups excluding tert-OH is 1. The Morgan fingerprint density at radius 3 is 2.88 bits per heavy atom. The van der Waals surface area contributed by atoms with E-state index in [0.717, 1.165) is 38.9 Å². The minimum Gasteiger partial charge on any atom is -0.394 e. The highest BCUT2D eigenvalue weighted by Crippen LogP contribution is 2.35. The van der Waals surface area contributed by atoms with Gasteiger partial charge in [0.2, 0.25) is 5.91 Å². The van der Waals surface area contributed by atoms with E-state index in [0.29, 0.717) is 5.92 Å². The van der Waals surface area contributed by atoms with E-state index in [1.54, 1.807) is 0 Å². The van der Waals surface area contributed by atoms with Crippen LogP contribution in [0.2, 0.25) is 0 Å². The van der Waals surface area contributed by atoms with E-state index in [2.05, 4.69) is 19.2 Å². The summed E-state index contributed by atoms with van der Waals surface area (Å²) in [6.45, 7) is 6.86. The molecule has 2 rings (SSSR count). The van der Waals surface area contributed by atoms with Crippen molar-refractivity contribution in [3.8, 4) is 0 Å². The molecule has 0 aromatic rings. The number of carbonyl (C=O) groups is 1. The Labute approximate surface area is 103 Å². The van der Waals surface area contributed by atoms with E-state index in [9.17, 15) is 9.90 Å². The highest BCUT2D eigenvalue weighted by Gasteiger charge is 2.46. The molecule has 0 bridgehead atoms. The lowest BCUT2D eigenvalue weighted by Crippen LogP contribution is -2.49. The van der Waals surface area contributed by atoms with Crippen molar-refractivity contribution in [1.29, 1.82) is 0 Å². The van der Waals surface area contributed by atoms with Crippen LogP contribution >= 0.6 is 0 Å². The van der Waals surface area contributed by atoms with Crippen LogP contribution in [0.3, 0.4) is 0 Å². The van der Waals surface area contributed by atoms with Crippen LogP contribution in [-0.4, -0.2) is 48.2 Å². The first-order valence-electron chi connectivity index (χ1n) is 6.77. The Hall–Kier alpha value is -0.610. The lowest BCUT2D eigenvalue weighted by molar-refractivity contribution is -0.143. The van der Waals surface area contributed by atoms with E-state index in [1.807, 2.05) is 4.90 Å². The summed E-state index contributed by atoms with van der Waals surface area (Å²) >= 11 is 0. The Morgan fingerprint density at radius 1 is 1.59 bits per heavy atom. The first-order valence-corrected chi connectivity index (χ1v) is 6.77. The molecular formula is C13H24N2O2. The standard InChI is InChI=1S/C13H24N2O2/c1-3-13(5-6-14-9-13)12(17)15-7-4-10(2)11(15)8-16/h10-11,14,16H,3-9H2,1-2H3. The highest BCUT2D eigenvalue weighted by atomic mass is 16.3. The second-order valence-electron chi connectivity index (χ2n) is 5.58. The third kappa shape index (κ3) is 2.08. The van der Waals surface area contributed by atoms with Gasteiger partial charge in [-0.05, 0) is 31.7 Å². The van der Waals surface area contributed by atoms with Crippen LogP contribution in [0.5, 0.6) is 0 Å². The van der Waals surface area contributed by atoms with Crippen LogP contribution in [0.25, 0.3) is 0 Å². The number of hydrogen-bond donors (Lipinski definition) is 2. The van der Waals surface area contributed by atoms with Gasteiger partial charge in [-0.3, -0.25) is 4.79 Å². The molecule has 0 aromatic carbocycles. The predicted molar refractivity (Wildman–Crippen MR) is 66.6 cm³/mol. The van der Waals surface area contributed by atoms with Crippen LogP contribution in [0, 0.1) is 11.3 Å². The van der Waals surface area contributed by atoms with Crippen LogP contribution in [0.1, 0.15) is 33.1 Å². The zero-order valence-corrected chi connectivity index (χ0v) is 10.9. The zero-order valence-electron chi connectivity index (χ0n) is 10.9. The maximum Gasteiger partial charge on any atom is 0.230 e. The first kappa shape index (κ1) is 12.8. The number of rotatable bonds is 3. The Morgan fingerprint density at radius 2 is 2.35 bits per heavy atom. The van der Waals surface area contributed by atoms with E-state index in [1.165, 1.54) is 0 Å². The van der Waals surface area contributed by atoms with E-state index in [-0.39, 0.29) is 24.0 Å². The molecule has 2 aliphatic rings. The summed E-state index contributed by atoms with van der Waals surface area (Å²) in [6.07, 6.45) is 2.84. The fraction of sp³-hybridized carbons (Fsp3) is 0.923. The highest BCUT2D eigenvalue weighted by molar-refractivity contribution is 5.84. The average molecular weight is 240 g/mol. The molecule has 0 saturated carbocycles. The van der Waals surface area contributed by atoms with Gasteiger partial charge in [0.25, 0.3) is 0 Å². The Kier molecular flexibility index (Phi) is 3.73. The lowest BCUT2D eigenvalue weighted by Gasteiger charge is -2.34. The second kappa shape index (κ2) is 4.94. The summed E-state index contributed by atoms with van der Waals surface area (Å²) < 4.78 is 0. The number of nitrogens with zero attached hydrogens (tertiary/aromatic N) is 1. The van der Waals surface area contributed by atoms with E-state index in [4.69, 9.17) is 0 Å². The number of amides is 1. The van der Waals surface area contributed by atoms with Gasteiger partial charge in [-0.15, -0.1) is 0 Å². The van der Waals surface area contributed by atoms with Gasteiger partial charge < -0.3 is 15.3 Å². The maximum atomic E-state index is 12.7. The zero-order chi connectivity index (χ0) is 12.5. The summed E-state index contributed by atoms with van der Waals surface area (Å²) in [7, 11) is 0. The smallest absolute Gasteiger partial charge is 0.230 e. The van der Waals surface area contributed by atoms with Gasteiger partial charge in [0, 0.05) is 13.1 Å². The van der Waals surface area contributed by atoms with Gasteiger partial charge in [0.15, 0.2) is 0 Å². The topological polar surface area (TPSA) is 52.6 Å². The minimum atomic E-state index is -0.211. The monoisotopic (exact) mass is 240 g/mol. The van der Waals surface area contributed by atoms with Crippen LogP contribution in [0.4, 0.5) is 0 Å². The molecule has 3 atom stereocenters. The van der Waals surface area contributed by atoms with Crippen molar-refractivity contribution >= 4 is 5.91 Å². The quantitative estimate of drug-likeness (QED) is 0.760. The molecule has 2 N–H and O–H groups in total. The normalized spacial score (nSPS) is 37.7. The largest absolute Gasteiger partial charge is 0.394 e. The van der Waals surface area contributed by atoms with E-state index < -0.39 is 0 Å². The Balaban J connectivity index is 2.13. The SMILES string of the molecule is CCC1(C(=O)N2CCC(C)C2CO)CCNC1. The van der Waals surface area contributed by atoms with Crippen molar-refractivity contribution in [2.75, 3.05) is 26.2 Å². The molecule has 2 fully saturated rings. The maximum absolute atomic E-state index is 12.7. The van der Waals surface area contributed by atoms with Crippen molar-refractivity contribution in [2.45, 2.75) is 39.2 Å². The molecular weight excluding hydrogens is 216 g/mol. The Bertz CT molecular complexity index is 287. The van der Waals surface area contributed by atoms with Crippen LogP contribution in [0.15, 0.2) is 0 Å². The van der Waals surface area contributed by atoms with Gasteiger partial charge in [-0.2, -0.15) is 0 Å². The van der Waals surface area contributed by atoms with Crippen molar-refractivity contribution in [3.63, 3.8) is 0 Å². The van der Waals surface area contributed by atoms with Crippen molar-refractivity contribution in [3.05, 3.63) is 0 Å². The van der Waals surface area contributed by atoms with Crippen molar-refractivity contribution in [2.24, 2.45) is 11.3 Å². The molecule has 98 valence electrons. The number of carbonyl (C=O) groups excluding carboxylic acids is 1. The van der Waals surface area contributed by atoms with Gasteiger partial charge in [0.1, 0.15) is 0 Å². The molecule has 0 aliphatic carbocycles. The summed E-state index contributed by atoms with van der Waals surface area (Å²) in [5.74, 6) is 0.681. The molecule has 2 heterocycles. The fourth-order valence-corrected chi connectivity index (χ4v) is 3.22. The van der Waals surface area contributed by atoms with Crippen LogP contribution in [-0.2, 0) is 4.79 Å². The molecule has 3 unspecified atom stereocenters. The van der Waals surface area contributed by atoms with Gasteiger partial charge >= 0.3 is 0 Å². The molecule has 0 spiro atoms. The van der Waals surface area contributed by atoms with Crippen LogP contribution < -0.4 is 5.32 Å². The summed E-state index contributed by atoms with van der Waals surface area (Å²) in [5.41, 5.74) is -0.211. The van der Waals surface area contributed by atoms with Gasteiger partial charge in [-0.25, -0.2) is 0 Å². The average Bonchev–Trinajstić information content (AvgIpc) is 2.95. The molecule has 2 aliphatic heterocycles. The third-order valence-electron chi connectivity index (χ3n) is 4.70. The van der Waals surface area contributed by atoms with E-state index >= 15 is 0 Å². The predicted octanol–water partition coefficient (Wildman–Crippen LogP) is 0.605. The number of likely N-dealkylation sites (tertiary alicyclic amines) is 1. The lowest BCUT2D eigenvalue weighted by atomic mass is 9.82. The van der Waals surface area contributed by atoms with Gasteiger partial charge in [0.05, 0.1) is 18.1 Å². The van der Waals surface area contributed by atoms with Gasteiger partial charge in [-0.1, -0.05) is 13.8 Å². The molecule has 2 saturated heterocycles. The molecule has 4 nitrogen and oxygen atoms in total. The molecule has 17 heavy (non-hydrogen) atoms. The molecule has 0 aromatic heterocycles. The van der Waals surface area contributed by atoms with Crippen molar-refractivity contribution in [1.82, 2.24) is 10.2 Å². The first-order chi connectivity index (χ1) is 8.14. The summed E-state index contributed by atoms with van der Waals surface area (Å²) in [4.78, 5) is 14.6. The summed E-state index contributed by atoms with van der Waals surface area (Å²) in [6, 6.07) is 0.0338. The number of nitrogens with one attached hydrogen (secondary N) is 1. The number of hydrogen-bond acceptors (Lipinski definition) is 3. The van der Waals surface area contributed by atoms with Crippen molar-refractivity contribution < 1.29 is 9.90 Å². The molecule has 0 radical (unpaired) electrons.